The van der Waals surface area contributed by atoms with Gasteiger partial charge in [0.2, 0.25) is 0 Å². The van der Waals surface area contributed by atoms with Crippen LogP contribution in [0.2, 0.25) is 0 Å². The van der Waals surface area contributed by atoms with Crippen LogP contribution in [0.1, 0.15) is 59.8 Å². The lowest BCUT2D eigenvalue weighted by molar-refractivity contribution is 0.0752. The molecule has 3 rings (SSSR count). The molecule has 0 aromatic rings. The van der Waals surface area contributed by atoms with E-state index >= 15 is 0 Å². The Morgan fingerprint density at radius 1 is 1.33 bits per heavy atom. The lowest BCUT2D eigenvalue weighted by Gasteiger charge is -2.09. The fourth-order valence-electron chi connectivity index (χ4n) is 4.21. The predicted octanol–water partition coefficient (Wildman–Crippen LogP) is 4.77. The molecule has 3 fully saturated rings. The minimum absolute atomic E-state index is 0.0755. The first kappa shape index (κ1) is 29.4. The number of halogens is 2. The highest BCUT2D eigenvalue weighted by atomic mass is 79.9. The fraction of sp³-hybridized carbons (Fsp3) is 0.640. The number of nitrogens with two attached hydrogens (primary N) is 3. The van der Waals surface area contributed by atoms with E-state index in [1.54, 1.807) is 6.92 Å². The molecule has 8 N–H and O–H groups in total. The number of nitrogens with one attached hydrogen (secondary N) is 2. The Kier molecular flexibility index (Phi) is 11.8. The predicted molar refractivity (Wildman–Crippen MR) is 141 cm³/mol. The molecule has 1 heterocycles. The van der Waals surface area contributed by atoms with Crippen molar-refractivity contribution in [2.45, 2.75) is 77.7 Å². The van der Waals surface area contributed by atoms with Crippen LogP contribution in [0, 0.1) is 16.7 Å². The zero-order chi connectivity index (χ0) is 25.2. The molecule has 8 heteroatoms. The number of rotatable bonds is 9. The molecule has 2 saturated carbocycles. The van der Waals surface area contributed by atoms with Gasteiger partial charge in [-0.3, -0.25) is 5.41 Å². The van der Waals surface area contributed by atoms with E-state index in [9.17, 15) is 4.39 Å². The van der Waals surface area contributed by atoms with Gasteiger partial charge >= 0.3 is 0 Å². The topological polar surface area (TPSA) is 123 Å². The second kappa shape index (κ2) is 13.3. The van der Waals surface area contributed by atoms with Crippen molar-refractivity contribution in [2.75, 3.05) is 13.1 Å². The van der Waals surface area contributed by atoms with Crippen LogP contribution in [-0.2, 0) is 4.74 Å². The van der Waals surface area contributed by atoms with E-state index < -0.39 is 5.67 Å². The van der Waals surface area contributed by atoms with Crippen LogP contribution < -0.4 is 22.5 Å². The summed E-state index contributed by atoms with van der Waals surface area (Å²) >= 11 is 3.33. The fourth-order valence-corrected chi connectivity index (χ4v) is 4.78. The van der Waals surface area contributed by atoms with Crippen LogP contribution in [0.15, 0.2) is 46.3 Å². The molecule has 0 spiro atoms. The van der Waals surface area contributed by atoms with E-state index in [1.165, 1.54) is 6.42 Å². The minimum Gasteiger partial charge on any atom is -0.402 e. The first-order chi connectivity index (χ1) is 15.5. The second-order valence-corrected chi connectivity index (χ2v) is 10.2. The molecule has 3 unspecified atom stereocenters. The molecule has 2 aliphatic carbocycles. The smallest absolute Gasteiger partial charge is 0.119 e. The van der Waals surface area contributed by atoms with Crippen LogP contribution in [-0.4, -0.2) is 37.3 Å². The van der Waals surface area contributed by atoms with Gasteiger partial charge in [0.25, 0.3) is 0 Å². The summed E-state index contributed by atoms with van der Waals surface area (Å²) in [5, 5.41) is 9.25. The highest BCUT2D eigenvalue weighted by Gasteiger charge is 2.84. The average molecular weight is 529 g/mol. The van der Waals surface area contributed by atoms with Gasteiger partial charge in [-0.05, 0) is 65.3 Å². The second-order valence-electron chi connectivity index (χ2n) is 9.36. The first-order valence-electron chi connectivity index (χ1n) is 11.6. The normalized spacial score (nSPS) is 32.5. The maximum Gasteiger partial charge on any atom is 0.119 e. The third-order valence-corrected chi connectivity index (χ3v) is 7.17. The molecule has 3 aliphatic rings. The Labute approximate surface area is 207 Å². The van der Waals surface area contributed by atoms with E-state index in [1.807, 2.05) is 13.0 Å². The van der Waals surface area contributed by atoms with E-state index in [0.29, 0.717) is 29.5 Å². The molecule has 3 atom stereocenters. The summed E-state index contributed by atoms with van der Waals surface area (Å²) in [6, 6.07) is 0. The number of fused-ring (bicyclic) bond motifs is 1. The Morgan fingerprint density at radius 3 is 2.27 bits per heavy atom. The van der Waals surface area contributed by atoms with Crippen molar-refractivity contribution in [3.8, 4) is 0 Å². The number of hydrogen-bond acceptors (Lipinski definition) is 5. The van der Waals surface area contributed by atoms with Crippen LogP contribution in [0.4, 0.5) is 4.39 Å². The molecule has 1 aliphatic heterocycles. The molecular formula is C25H43BrFN5O. The maximum atomic E-state index is 13.3. The van der Waals surface area contributed by atoms with Crippen molar-refractivity contribution in [3.63, 3.8) is 0 Å². The Hall–Kier alpha value is -1.64. The van der Waals surface area contributed by atoms with Gasteiger partial charge in [0.05, 0.1) is 18.5 Å². The number of unbranched alkanes of at least 4 members (excludes halogenated alkanes) is 1. The third kappa shape index (κ3) is 8.91. The van der Waals surface area contributed by atoms with Crippen molar-refractivity contribution in [3.05, 3.63) is 46.3 Å². The zero-order valence-corrected chi connectivity index (χ0v) is 22.2. The molecule has 0 amide bonds. The highest BCUT2D eigenvalue weighted by molar-refractivity contribution is 9.12. The molecule has 6 nitrogen and oxygen atoms in total. The van der Waals surface area contributed by atoms with Gasteiger partial charge in [0.15, 0.2) is 0 Å². The maximum absolute atomic E-state index is 13.3. The number of allylic oxidation sites excluding steroid dienone is 4. The van der Waals surface area contributed by atoms with Gasteiger partial charge in [-0.1, -0.05) is 47.7 Å². The summed E-state index contributed by atoms with van der Waals surface area (Å²) < 4.78 is 20.0. The van der Waals surface area contributed by atoms with Crippen LogP contribution in [0.3, 0.4) is 0 Å². The van der Waals surface area contributed by atoms with E-state index in [4.69, 9.17) is 21.6 Å². The van der Waals surface area contributed by atoms with E-state index in [-0.39, 0.29) is 5.41 Å². The standard InChI is InChI=1S/C16H26FNO.C8H13BrN2.CH4N2/c1-12-8-13(2)19-14(12)6-4-3-5-7-18-11-15-9-16(15,17)10-15;1-4-7(9)8(5(2)10)6(3)11;2-1-3/h4,6,12-14,18H,3,5,7-11H2,1-2H3;4H,2,10-11H2,1,3H3;1H,(H3,2,3)/b6-4+;7-4+,8-6-;. The molecule has 0 radical (unpaired) electrons. The Balaban J connectivity index is 0.000000333. The average Bonchev–Trinajstić information content (AvgIpc) is 3.42. The summed E-state index contributed by atoms with van der Waals surface area (Å²) in [4.78, 5) is 0. The van der Waals surface area contributed by atoms with Crippen molar-refractivity contribution in [1.29, 1.82) is 5.41 Å². The molecule has 0 aromatic carbocycles. The summed E-state index contributed by atoms with van der Waals surface area (Å²) in [5.74, 6) is 0.644. The van der Waals surface area contributed by atoms with Gasteiger partial charge in [-0.2, -0.15) is 0 Å². The van der Waals surface area contributed by atoms with Crippen LogP contribution in [0.5, 0.6) is 0 Å². The van der Waals surface area contributed by atoms with E-state index in [2.05, 4.69) is 59.6 Å². The van der Waals surface area contributed by atoms with Crippen molar-refractivity contribution >= 4 is 22.3 Å². The van der Waals surface area contributed by atoms with Gasteiger partial charge < -0.3 is 27.3 Å². The quantitative estimate of drug-likeness (QED) is 0.0970. The summed E-state index contributed by atoms with van der Waals surface area (Å²) in [6.07, 6.45) is 12.8. The van der Waals surface area contributed by atoms with Gasteiger partial charge in [-0.25, -0.2) is 4.39 Å². The van der Waals surface area contributed by atoms with Gasteiger partial charge in [-0.15, -0.1) is 0 Å². The third-order valence-electron chi connectivity index (χ3n) is 6.31. The molecule has 188 valence electrons. The molecule has 0 bridgehead atoms. The van der Waals surface area contributed by atoms with Gasteiger partial charge in [0, 0.05) is 33.4 Å². The lowest BCUT2D eigenvalue weighted by atomic mass is 10.0. The number of hydrogen-bond donors (Lipinski definition) is 5. The molecular weight excluding hydrogens is 485 g/mol. The minimum atomic E-state index is -0.744. The lowest BCUT2D eigenvalue weighted by Crippen LogP contribution is -2.20. The molecule has 0 aromatic heterocycles. The molecule has 1 saturated heterocycles. The summed E-state index contributed by atoms with van der Waals surface area (Å²) in [7, 11) is 0. The monoisotopic (exact) mass is 527 g/mol. The summed E-state index contributed by atoms with van der Waals surface area (Å²) in [5.41, 5.74) is 16.7. The SMILES string of the molecule is C=C(N)C(=C(\C)N)/C(Br)=C\C.CC1CC(C)C(/C=C/CCCNCC23CC2(F)C3)O1.N=CN. The zero-order valence-electron chi connectivity index (χ0n) is 20.6. The van der Waals surface area contributed by atoms with E-state index in [0.717, 1.165) is 55.2 Å². The largest absolute Gasteiger partial charge is 0.402 e. The number of ether oxygens (including phenoxy) is 1. The van der Waals surface area contributed by atoms with Crippen molar-refractivity contribution < 1.29 is 9.13 Å². The Bertz CT molecular complexity index is 754. The van der Waals surface area contributed by atoms with Crippen LogP contribution >= 0.6 is 15.9 Å². The highest BCUT2D eigenvalue weighted by Crippen LogP contribution is 2.80. The van der Waals surface area contributed by atoms with Crippen molar-refractivity contribution in [2.24, 2.45) is 28.5 Å². The van der Waals surface area contributed by atoms with Crippen LogP contribution in [0.25, 0.3) is 0 Å². The number of alkyl halides is 1. The molecule has 33 heavy (non-hydrogen) atoms. The van der Waals surface area contributed by atoms with Gasteiger partial charge in [0.1, 0.15) is 5.67 Å². The summed E-state index contributed by atoms with van der Waals surface area (Å²) in [6.45, 7) is 13.6. The van der Waals surface area contributed by atoms with Crippen molar-refractivity contribution in [1.82, 2.24) is 5.32 Å². The first-order valence-corrected chi connectivity index (χ1v) is 12.4. The Morgan fingerprint density at radius 2 is 1.91 bits per heavy atom.